The molecule has 2 heterocycles. The van der Waals surface area contributed by atoms with Crippen LogP contribution in [0.2, 0.25) is 0 Å². The lowest BCUT2D eigenvalue weighted by Gasteiger charge is -2.45. The molecule has 1 saturated heterocycles. The molecule has 2 aliphatic heterocycles. The minimum Gasteiger partial charge on any atom is -0.356 e. The van der Waals surface area contributed by atoms with Crippen molar-refractivity contribution >= 4 is 47.6 Å². The summed E-state index contributed by atoms with van der Waals surface area (Å²) in [4.78, 5) is 21.6. The molecule has 0 unspecified atom stereocenters. The summed E-state index contributed by atoms with van der Waals surface area (Å²) in [5.41, 5.74) is 2.58. The van der Waals surface area contributed by atoms with Gasteiger partial charge in [0.1, 0.15) is 0 Å². The van der Waals surface area contributed by atoms with Crippen molar-refractivity contribution in [1.29, 1.82) is 0 Å². The minimum atomic E-state index is 0. The van der Waals surface area contributed by atoms with E-state index in [9.17, 15) is 4.79 Å². The predicted octanol–water partition coefficient (Wildman–Crippen LogP) is 4.25. The van der Waals surface area contributed by atoms with Crippen LogP contribution in [0.15, 0.2) is 29.3 Å². The van der Waals surface area contributed by atoms with Gasteiger partial charge in [-0.3, -0.25) is 9.79 Å². The quantitative estimate of drug-likeness (QED) is 0.268. The highest BCUT2D eigenvalue weighted by Crippen LogP contribution is 2.42. The van der Waals surface area contributed by atoms with E-state index in [2.05, 4.69) is 51.2 Å². The maximum atomic E-state index is 12.6. The van der Waals surface area contributed by atoms with Crippen molar-refractivity contribution < 1.29 is 4.79 Å². The van der Waals surface area contributed by atoms with Crippen molar-refractivity contribution in [2.75, 3.05) is 32.4 Å². The molecule has 1 spiro atoms. The third-order valence-electron chi connectivity index (χ3n) is 6.57. The number of hydrogen-bond donors (Lipinski definition) is 1. The monoisotopic (exact) mass is 542 g/mol. The highest BCUT2D eigenvalue weighted by molar-refractivity contribution is 14.0. The zero-order valence-electron chi connectivity index (χ0n) is 18.1. The number of benzene rings is 1. The Morgan fingerprint density at radius 3 is 2.50 bits per heavy atom. The molecule has 0 bridgehead atoms. The molecule has 30 heavy (non-hydrogen) atoms. The lowest BCUT2D eigenvalue weighted by molar-refractivity contribution is -0.131. The Morgan fingerprint density at radius 1 is 1.13 bits per heavy atom. The summed E-state index contributed by atoms with van der Waals surface area (Å²) in [6.45, 7) is 4.50. The van der Waals surface area contributed by atoms with Crippen LogP contribution in [0, 0.1) is 0 Å². The van der Waals surface area contributed by atoms with E-state index in [1.807, 2.05) is 11.9 Å². The van der Waals surface area contributed by atoms with Crippen LogP contribution < -0.4 is 5.32 Å². The lowest BCUT2D eigenvalue weighted by Crippen LogP contribution is -2.53. The number of halogens is 1. The fourth-order valence-electron chi connectivity index (χ4n) is 4.96. The van der Waals surface area contributed by atoms with E-state index in [4.69, 9.17) is 0 Å². The second kappa shape index (κ2) is 11.1. The molecule has 0 atom stereocenters. The van der Waals surface area contributed by atoms with Crippen molar-refractivity contribution in [3.05, 3.63) is 35.4 Å². The standard InChI is InChI=1S/C23H34N4OS.HI/c1-24-22(26-14-15-29-23(18-26)11-5-2-6-12-23)25-13-7-10-21(28)27-16-19-8-3-4-9-20(19)17-27;/h3-4,8-9H,2,5-7,10-18H2,1H3,(H,24,25);1H. The van der Waals surface area contributed by atoms with E-state index in [-0.39, 0.29) is 29.9 Å². The topological polar surface area (TPSA) is 47.9 Å². The van der Waals surface area contributed by atoms with Crippen LogP contribution in [0.25, 0.3) is 0 Å². The Balaban J connectivity index is 0.00000256. The van der Waals surface area contributed by atoms with E-state index in [1.165, 1.54) is 49.0 Å². The van der Waals surface area contributed by atoms with Crippen LogP contribution in [0.5, 0.6) is 0 Å². The van der Waals surface area contributed by atoms with Crippen molar-refractivity contribution in [3.63, 3.8) is 0 Å². The molecular weight excluding hydrogens is 507 g/mol. The normalized spacial score (nSPS) is 20.6. The molecule has 1 aliphatic carbocycles. The number of carbonyl (C=O) groups is 1. The molecule has 3 aliphatic rings. The SMILES string of the molecule is CN=C(NCCCC(=O)N1Cc2ccccc2C1)N1CCSC2(CCCCC2)C1.I. The van der Waals surface area contributed by atoms with E-state index in [0.29, 0.717) is 11.2 Å². The molecule has 0 aromatic heterocycles. The molecule has 1 aromatic carbocycles. The number of guanidine groups is 1. The van der Waals surface area contributed by atoms with Crippen LogP contribution in [0.4, 0.5) is 0 Å². The molecule has 1 saturated carbocycles. The summed E-state index contributed by atoms with van der Waals surface area (Å²) in [5.74, 6) is 2.46. The molecule has 2 fully saturated rings. The molecule has 5 nitrogen and oxygen atoms in total. The number of carbonyl (C=O) groups excluding carboxylic acids is 1. The van der Waals surface area contributed by atoms with Gasteiger partial charge >= 0.3 is 0 Å². The summed E-state index contributed by atoms with van der Waals surface area (Å²) in [6, 6.07) is 8.37. The predicted molar refractivity (Wildman–Crippen MR) is 137 cm³/mol. The summed E-state index contributed by atoms with van der Waals surface area (Å²) in [5, 5.41) is 3.52. The first-order valence-corrected chi connectivity index (χ1v) is 12.1. The van der Waals surface area contributed by atoms with E-state index < -0.39 is 0 Å². The number of nitrogens with one attached hydrogen (secondary N) is 1. The highest BCUT2D eigenvalue weighted by atomic mass is 127. The average molecular weight is 543 g/mol. The highest BCUT2D eigenvalue weighted by Gasteiger charge is 2.38. The Labute approximate surface area is 202 Å². The summed E-state index contributed by atoms with van der Waals surface area (Å²) < 4.78 is 0.439. The zero-order chi connectivity index (χ0) is 20.1. The second-order valence-electron chi connectivity index (χ2n) is 8.61. The van der Waals surface area contributed by atoms with Crippen molar-refractivity contribution in [2.24, 2.45) is 4.99 Å². The Kier molecular flexibility index (Phi) is 8.74. The van der Waals surface area contributed by atoms with Gasteiger partial charge in [0.15, 0.2) is 5.96 Å². The van der Waals surface area contributed by atoms with E-state index >= 15 is 0 Å². The number of rotatable bonds is 4. The van der Waals surface area contributed by atoms with Gasteiger partial charge in [-0.15, -0.1) is 24.0 Å². The van der Waals surface area contributed by atoms with E-state index in [1.54, 1.807) is 0 Å². The van der Waals surface area contributed by atoms with Gasteiger partial charge in [0.2, 0.25) is 5.91 Å². The maximum absolute atomic E-state index is 12.6. The molecule has 1 N–H and O–H groups in total. The van der Waals surface area contributed by atoms with Crippen molar-refractivity contribution in [1.82, 2.24) is 15.1 Å². The van der Waals surface area contributed by atoms with Gasteiger partial charge < -0.3 is 15.1 Å². The van der Waals surface area contributed by atoms with Gasteiger partial charge in [-0.25, -0.2) is 0 Å². The Morgan fingerprint density at radius 2 is 1.83 bits per heavy atom. The van der Waals surface area contributed by atoms with Gasteiger partial charge in [0.05, 0.1) is 0 Å². The first-order valence-electron chi connectivity index (χ1n) is 11.1. The van der Waals surface area contributed by atoms with Crippen LogP contribution in [0.3, 0.4) is 0 Å². The number of aliphatic imine (C=N–C) groups is 1. The van der Waals surface area contributed by atoms with Gasteiger partial charge in [0.25, 0.3) is 0 Å². The fourth-order valence-corrected chi connectivity index (χ4v) is 6.53. The average Bonchev–Trinajstić information content (AvgIpc) is 3.19. The number of hydrogen-bond acceptors (Lipinski definition) is 3. The van der Waals surface area contributed by atoms with Gasteiger partial charge in [-0.2, -0.15) is 11.8 Å². The van der Waals surface area contributed by atoms with Gasteiger partial charge in [0, 0.05) is 56.7 Å². The van der Waals surface area contributed by atoms with Gasteiger partial charge in [-0.1, -0.05) is 43.5 Å². The molecule has 0 radical (unpaired) electrons. The molecule has 4 rings (SSSR count). The number of thioether (sulfide) groups is 1. The third kappa shape index (κ3) is 5.64. The molecule has 166 valence electrons. The maximum Gasteiger partial charge on any atom is 0.223 e. The molecule has 1 amide bonds. The number of fused-ring (bicyclic) bond motifs is 1. The summed E-state index contributed by atoms with van der Waals surface area (Å²) in [6.07, 6.45) is 8.27. The first-order chi connectivity index (χ1) is 14.2. The van der Waals surface area contributed by atoms with Crippen LogP contribution in [-0.4, -0.2) is 58.8 Å². The molecule has 7 heteroatoms. The van der Waals surface area contributed by atoms with Gasteiger partial charge in [-0.05, 0) is 30.4 Å². The largest absolute Gasteiger partial charge is 0.356 e. The van der Waals surface area contributed by atoms with Crippen LogP contribution in [0.1, 0.15) is 56.1 Å². The number of nitrogens with zero attached hydrogens (tertiary/aromatic N) is 3. The first kappa shape index (κ1) is 23.7. The number of amides is 1. The fraction of sp³-hybridized carbons (Fsp3) is 0.652. The Bertz CT molecular complexity index is 720. The van der Waals surface area contributed by atoms with E-state index in [0.717, 1.165) is 45.1 Å². The summed E-state index contributed by atoms with van der Waals surface area (Å²) >= 11 is 2.18. The van der Waals surface area contributed by atoms with Crippen molar-refractivity contribution in [2.45, 2.75) is 62.8 Å². The van der Waals surface area contributed by atoms with Crippen LogP contribution >= 0.6 is 35.7 Å². The minimum absolute atomic E-state index is 0. The Hall–Kier alpha value is -0.960. The van der Waals surface area contributed by atoms with Crippen LogP contribution in [-0.2, 0) is 17.9 Å². The zero-order valence-corrected chi connectivity index (χ0v) is 21.2. The second-order valence-corrected chi connectivity index (χ2v) is 10.2. The summed E-state index contributed by atoms with van der Waals surface area (Å²) in [7, 11) is 1.88. The lowest BCUT2D eigenvalue weighted by atomic mass is 9.87. The molecular formula is C23H35IN4OS. The third-order valence-corrected chi connectivity index (χ3v) is 8.11. The smallest absolute Gasteiger partial charge is 0.223 e. The van der Waals surface area contributed by atoms with Crippen molar-refractivity contribution in [3.8, 4) is 0 Å². The molecule has 1 aromatic rings.